The minimum Gasteiger partial charge on any atom is -0.457 e. The zero-order valence-corrected chi connectivity index (χ0v) is 9.73. The van der Waals surface area contributed by atoms with Gasteiger partial charge in [-0.15, -0.1) is 0 Å². The highest BCUT2D eigenvalue weighted by atomic mass is 19.1. The lowest BCUT2D eigenvalue weighted by Crippen LogP contribution is -1.97. The maximum absolute atomic E-state index is 13.1. The zero-order chi connectivity index (χ0) is 13.1. The molecule has 0 fully saturated rings. The molecular formula is C14H12F2O2. The van der Waals surface area contributed by atoms with Crippen LogP contribution in [0.25, 0.3) is 0 Å². The predicted octanol–water partition coefficient (Wildman–Crippen LogP) is 3.81. The Bertz CT molecular complexity index is 536. The van der Waals surface area contributed by atoms with Gasteiger partial charge in [-0.2, -0.15) is 0 Å². The first-order valence-electron chi connectivity index (χ1n) is 5.47. The van der Waals surface area contributed by atoms with Crippen LogP contribution in [-0.4, -0.2) is 5.11 Å². The minimum absolute atomic E-state index is 0.345. The third-order valence-electron chi connectivity index (χ3n) is 2.46. The van der Waals surface area contributed by atoms with Crippen molar-refractivity contribution in [2.24, 2.45) is 0 Å². The molecule has 1 atom stereocenters. The number of benzene rings is 2. The van der Waals surface area contributed by atoms with Gasteiger partial charge in [0.2, 0.25) is 0 Å². The Morgan fingerprint density at radius 2 is 1.61 bits per heavy atom. The summed E-state index contributed by atoms with van der Waals surface area (Å²) < 4.78 is 31.3. The third kappa shape index (κ3) is 2.84. The van der Waals surface area contributed by atoms with Gasteiger partial charge in [0.1, 0.15) is 23.1 Å². The van der Waals surface area contributed by atoms with Crippen LogP contribution < -0.4 is 4.74 Å². The predicted molar refractivity (Wildman–Crippen MR) is 63.5 cm³/mol. The van der Waals surface area contributed by atoms with Gasteiger partial charge in [-0.3, -0.25) is 0 Å². The molecule has 4 heteroatoms. The zero-order valence-electron chi connectivity index (χ0n) is 9.73. The molecule has 0 spiro atoms. The van der Waals surface area contributed by atoms with Crippen LogP contribution in [0, 0.1) is 11.6 Å². The summed E-state index contributed by atoms with van der Waals surface area (Å²) in [5.41, 5.74) is 0.347. The first-order chi connectivity index (χ1) is 8.56. The second-order valence-corrected chi connectivity index (χ2v) is 3.91. The van der Waals surface area contributed by atoms with Gasteiger partial charge in [0.15, 0.2) is 0 Å². The number of ether oxygens (including phenoxy) is 1. The molecule has 2 aromatic rings. The highest BCUT2D eigenvalue weighted by molar-refractivity contribution is 5.39. The number of hydrogen-bond acceptors (Lipinski definition) is 2. The van der Waals surface area contributed by atoms with E-state index in [9.17, 15) is 13.9 Å². The number of aliphatic hydroxyl groups is 1. The Hall–Kier alpha value is -1.94. The van der Waals surface area contributed by atoms with Crippen LogP contribution in [0.2, 0.25) is 0 Å². The van der Waals surface area contributed by atoms with Crippen molar-refractivity contribution in [1.82, 2.24) is 0 Å². The van der Waals surface area contributed by atoms with Crippen LogP contribution in [0.4, 0.5) is 8.78 Å². The number of rotatable bonds is 3. The molecule has 0 aromatic heterocycles. The Labute approximate surface area is 103 Å². The molecule has 0 unspecified atom stereocenters. The molecule has 0 radical (unpaired) electrons. The van der Waals surface area contributed by atoms with Gasteiger partial charge in [-0.1, -0.05) is 0 Å². The molecule has 18 heavy (non-hydrogen) atoms. The Kier molecular flexibility index (Phi) is 3.58. The van der Waals surface area contributed by atoms with Gasteiger partial charge in [0.05, 0.1) is 6.10 Å². The van der Waals surface area contributed by atoms with Crippen LogP contribution >= 0.6 is 0 Å². The van der Waals surface area contributed by atoms with E-state index in [0.29, 0.717) is 17.1 Å². The molecule has 0 aliphatic carbocycles. The highest BCUT2D eigenvalue weighted by Crippen LogP contribution is 2.30. The first-order valence-corrected chi connectivity index (χ1v) is 5.47. The summed E-state index contributed by atoms with van der Waals surface area (Å²) in [6, 6.07) is 9.34. The normalized spacial score (nSPS) is 12.2. The molecule has 2 rings (SSSR count). The van der Waals surface area contributed by atoms with Gasteiger partial charge >= 0.3 is 0 Å². The molecule has 94 valence electrons. The van der Waals surface area contributed by atoms with Gasteiger partial charge in [0.25, 0.3) is 0 Å². The molecule has 0 amide bonds. The van der Waals surface area contributed by atoms with E-state index in [2.05, 4.69) is 0 Å². The summed E-state index contributed by atoms with van der Waals surface area (Å²) >= 11 is 0. The van der Waals surface area contributed by atoms with E-state index in [0.717, 1.165) is 0 Å². The maximum Gasteiger partial charge on any atom is 0.133 e. The fourth-order valence-electron chi connectivity index (χ4n) is 1.57. The van der Waals surface area contributed by atoms with Crippen LogP contribution in [0.1, 0.15) is 18.6 Å². The van der Waals surface area contributed by atoms with Crippen LogP contribution in [0.5, 0.6) is 11.5 Å². The van der Waals surface area contributed by atoms with Crippen LogP contribution in [0.15, 0.2) is 42.5 Å². The average Bonchev–Trinajstić information content (AvgIpc) is 2.34. The van der Waals surface area contributed by atoms with Gasteiger partial charge in [0, 0.05) is 5.56 Å². The summed E-state index contributed by atoms with van der Waals surface area (Å²) in [6.45, 7) is 1.52. The van der Waals surface area contributed by atoms with E-state index in [1.165, 1.54) is 49.4 Å². The van der Waals surface area contributed by atoms with E-state index in [-0.39, 0.29) is 5.82 Å². The van der Waals surface area contributed by atoms with E-state index in [4.69, 9.17) is 4.74 Å². The van der Waals surface area contributed by atoms with E-state index < -0.39 is 11.9 Å². The lowest BCUT2D eigenvalue weighted by atomic mass is 10.1. The minimum atomic E-state index is -0.851. The van der Waals surface area contributed by atoms with Crippen molar-refractivity contribution in [3.63, 3.8) is 0 Å². The molecule has 0 heterocycles. The summed E-state index contributed by atoms with van der Waals surface area (Å²) in [5.74, 6) is -0.0440. The molecule has 2 nitrogen and oxygen atoms in total. The van der Waals surface area contributed by atoms with E-state index >= 15 is 0 Å². The van der Waals surface area contributed by atoms with Crippen molar-refractivity contribution in [1.29, 1.82) is 0 Å². The fourth-order valence-corrected chi connectivity index (χ4v) is 1.57. The second kappa shape index (κ2) is 5.14. The van der Waals surface area contributed by atoms with E-state index in [1.807, 2.05) is 0 Å². The molecule has 1 N–H and O–H groups in total. The largest absolute Gasteiger partial charge is 0.457 e. The van der Waals surface area contributed by atoms with Gasteiger partial charge < -0.3 is 9.84 Å². The standard InChI is InChI=1S/C14H12F2O2/c1-9(17)13-8-11(16)4-7-14(13)18-12-5-2-10(15)3-6-12/h2-9,17H,1H3/t9-/m1/s1. The monoisotopic (exact) mass is 250 g/mol. The van der Waals surface area contributed by atoms with Gasteiger partial charge in [-0.25, -0.2) is 8.78 Å². The van der Waals surface area contributed by atoms with Crippen molar-refractivity contribution < 1.29 is 18.6 Å². The summed E-state index contributed by atoms with van der Waals surface area (Å²) in [7, 11) is 0. The van der Waals surface area contributed by atoms with Crippen molar-refractivity contribution >= 4 is 0 Å². The quantitative estimate of drug-likeness (QED) is 0.897. The second-order valence-electron chi connectivity index (χ2n) is 3.91. The molecule has 2 aromatic carbocycles. The summed E-state index contributed by atoms with van der Waals surface area (Å²) in [6.07, 6.45) is -0.851. The highest BCUT2D eigenvalue weighted by Gasteiger charge is 2.11. The maximum atomic E-state index is 13.1. The SMILES string of the molecule is C[C@@H](O)c1cc(F)ccc1Oc1ccc(F)cc1. The number of hydrogen-bond donors (Lipinski definition) is 1. The Morgan fingerprint density at radius 3 is 2.22 bits per heavy atom. The van der Waals surface area contributed by atoms with Crippen LogP contribution in [0.3, 0.4) is 0 Å². The fraction of sp³-hybridized carbons (Fsp3) is 0.143. The first kappa shape index (κ1) is 12.5. The van der Waals surface area contributed by atoms with Crippen molar-refractivity contribution in [2.45, 2.75) is 13.0 Å². The Balaban J connectivity index is 2.31. The van der Waals surface area contributed by atoms with Crippen molar-refractivity contribution in [2.75, 3.05) is 0 Å². The lowest BCUT2D eigenvalue weighted by Gasteiger charge is -2.13. The smallest absolute Gasteiger partial charge is 0.133 e. The number of aliphatic hydroxyl groups excluding tert-OH is 1. The summed E-state index contributed by atoms with van der Waals surface area (Å²) in [5, 5.41) is 9.54. The van der Waals surface area contributed by atoms with E-state index in [1.54, 1.807) is 0 Å². The molecule has 0 bridgehead atoms. The number of halogens is 2. The van der Waals surface area contributed by atoms with Crippen molar-refractivity contribution in [3.05, 3.63) is 59.7 Å². The summed E-state index contributed by atoms with van der Waals surface area (Å²) in [4.78, 5) is 0. The van der Waals surface area contributed by atoms with Gasteiger partial charge in [-0.05, 0) is 49.4 Å². The lowest BCUT2D eigenvalue weighted by molar-refractivity contribution is 0.195. The molecule has 0 saturated carbocycles. The molecule has 0 aliphatic heterocycles. The van der Waals surface area contributed by atoms with Crippen LogP contribution in [-0.2, 0) is 0 Å². The average molecular weight is 250 g/mol. The molecule has 0 saturated heterocycles. The topological polar surface area (TPSA) is 29.5 Å². The third-order valence-corrected chi connectivity index (χ3v) is 2.46. The van der Waals surface area contributed by atoms with Crippen molar-refractivity contribution in [3.8, 4) is 11.5 Å². The molecular weight excluding hydrogens is 238 g/mol. The Morgan fingerprint density at radius 1 is 1.00 bits per heavy atom. The molecule has 0 aliphatic rings.